The topological polar surface area (TPSA) is 35.2 Å². The van der Waals surface area contributed by atoms with E-state index in [-0.39, 0.29) is 0 Å². The predicted octanol–water partition coefficient (Wildman–Crippen LogP) is 4.09. The van der Waals surface area contributed by atoms with Crippen molar-refractivity contribution in [3.8, 4) is 16.9 Å². The Kier molecular flexibility index (Phi) is 5.19. The lowest BCUT2D eigenvalue weighted by Gasteiger charge is -2.14. The first-order valence-corrected chi connectivity index (χ1v) is 7.22. The summed E-state index contributed by atoms with van der Waals surface area (Å²) in [6, 6.07) is 14.7. The van der Waals surface area contributed by atoms with Gasteiger partial charge < -0.3 is 10.5 Å². The molecule has 0 aliphatic rings. The zero-order valence-corrected chi connectivity index (χ0v) is 12.4. The molecule has 0 saturated heterocycles. The molecule has 2 N–H and O–H groups in total. The molecule has 0 fully saturated rings. The lowest BCUT2D eigenvalue weighted by molar-refractivity contribution is 0.307. The fourth-order valence-electron chi connectivity index (χ4n) is 2.50. The maximum Gasteiger partial charge on any atom is 0.119 e. The van der Waals surface area contributed by atoms with Gasteiger partial charge in [0, 0.05) is 0 Å². The van der Waals surface area contributed by atoms with Gasteiger partial charge in [-0.1, -0.05) is 30.3 Å². The number of hydrogen-bond acceptors (Lipinski definition) is 2. The largest absolute Gasteiger partial charge is 0.494 e. The van der Waals surface area contributed by atoms with Gasteiger partial charge in [0.05, 0.1) is 6.61 Å². The highest BCUT2D eigenvalue weighted by Gasteiger charge is 2.07. The van der Waals surface area contributed by atoms with Crippen LogP contribution in [0, 0.1) is 13.8 Å². The fourth-order valence-corrected chi connectivity index (χ4v) is 2.50. The Labute approximate surface area is 121 Å². The lowest BCUT2D eigenvalue weighted by Crippen LogP contribution is -2.03. The second kappa shape index (κ2) is 7.11. The molecular formula is C18H23NO. The zero-order valence-electron chi connectivity index (χ0n) is 12.4. The van der Waals surface area contributed by atoms with E-state index in [0.717, 1.165) is 31.7 Å². The van der Waals surface area contributed by atoms with Crippen LogP contribution in [-0.2, 0) is 0 Å². The molecular weight excluding hydrogens is 246 g/mol. The van der Waals surface area contributed by atoms with Gasteiger partial charge in [-0.15, -0.1) is 0 Å². The van der Waals surface area contributed by atoms with E-state index in [4.69, 9.17) is 10.5 Å². The van der Waals surface area contributed by atoms with Gasteiger partial charge in [-0.25, -0.2) is 0 Å². The zero-order chi connectivity index (χ0) is 14.4. The summed E-state index contributed by atoms with van der Waals surface area (Å²) in [5.41, 5.74) is 10.6. The third-order valence-corrected chi connectivity index (χ3v) is 3.44. The van der Waals surface area contributed by atoms with Crippen LogP contribution in [0.5, 0.6) is 5.75 Å². The molecule has 2 nitrogen and oxygen atoms in total. The Bertz CT molecular complexity index is 526. The smallest absolute Gasteiger partial charge is 0.119 e. The summed E-state index contributed by atoms with van der Waals surface area (Å²) in [5, 5.41) is 0. The summed E-state index contributed by atoms with van der Waals surface area (Å²) in [7, 11) is 0. The monoisotopic (exact) mass is 269 g/mol. The molecule has 2 rings (SSSR count). The Morgan fingerprint density at radius 3 is 2.20 bits per heavy atom. The third kappa shape index (κ3) is 3.61. The molecule has 20 heavy (non-hydrogen) atoms. The van der Waals surface area contributed by atoms with E-state index in [1.54, 1.807) is 0 Å². The number of ether oxygens (including phenoxy) is 1. The van der Waals surface area contributed by atoms with E-state index < -0.39 is 0 Å². The first-order valence-electron chi connectivity index (χ1n) is 7.22. The third-order valence-electron chi connectivity index (χ3n) is 3.44. The minimum absolute atomic E-state index is 0.731. The molecule has 0 heterocycles. The maximum absolute atomic E-state index is 5.81. The van der Waals surface area contributed by atoms with Crippen molar-refractivity contribution in [2.45, 2.75) is 26.7 Å². The van der Waals surface area contributed by atoms with Crippen molar-refractivity contribution in [2.24, 2.45) is 5.73 Å². The Morgan fingerprint density at radius 1 is 0.950 bits per heavy atom. The molecule has 106 valence electrons. The molecule has 2 heteroatoms. The first-order chi connectivity index (χ1) is 9.72. The van der Waals surface area contributed by atoms with Crippen molar-refractivity contribution in [3.05, 3.63) is 53.6 Å². The molecule has 0 aliphatic heterocycles. The molecule has 0 spiro atoms. The Balaban J connectivity index is 2.17. The lowest BCUT2D eigenvalue weighted by atomic mass is 9.95. The molecule has 0 saturated carbocycles. The molecule has 0 unspecified atom stereocenters. The van der Waals surface area contributed by atoms with Crippen LogP contribution in [0.1, 0.15) is 24.0 Å². The number of unbranched alkanes of at least 4 members (excludes halogenated alkanes) is 1. The Morgan fingerprint density at radius 2 is 1.60 bits per heavy atom. The van der Waals surface area contributed by atoms with E-state index in [1.165, 1.54) is 22.3 Å². The molecule has 2 aromatic rings. The van der Waals surface area contributed by atoms with Crippen LogP contribution in [0.4, 0.5) is 0 Å². The van der Waals surface area contributed by atoms with E-state index in [1.807, 2.05) is 6.07 Å². The van der Waals surface area contributed by atoms with Crippen LogP contribution < -0.4 is 10.5 Å². The molecule has 0 bridgehead atoms. The summed E-state index contributed by atoms with van der Waals surface area (Å²) >= 11 is 0. The standard InChI is InChI=1S/C18H23NO/c1-14-12-17(20-11-7-6-10-19)13-15(2)18(14)16-8-4-3-5-9-16/h3-5,8-9,12-13H,6-7,10-11,19H2,1-2H3. The molecule has 0 aromatic heterocycles. The summed E-state index contributed by atoms with van der Waals surface area (Å²) in [6.45, 7) is 5.75. The van der Waals surface area contributed by atoms with E-state index in [2.05, 4.69) is 50.2 Å². The number of nitrogens with two attached hydrogens (primary N) is 1. The summed E-state index contributed by atoms with van der Waals surface area (Å²) in [5.74, 6) is 0.955. The quantitative estimate of drug-likeness (QED) is 0.802. The van der Waals surface area contributed by atoms with Gasteiger partial charge in [-0.3, -0.25) is 0 Å². The van der Waals surface area contributed by atoms with Crippen molar-refractivity contribution < 1.29 is 4.74 Å². The SMILES string of the molecule is Cc1cc(OCCCCN)cc(C)c1-c1ccccc1. The summed E-state index contributed by atoms with van der Waals surface area (Å²) < 4.78 is 5.81. The average molecular weight is 269 g/mol. The van der Waals surface area contributed by atoms with Crippen LogP contribution in [-0.4, -0.2) is 13.2 Å². The number of benzene rings is 2. The minimum atomic E-state index is 0.731. The van der Waals surface area contributed by atoms with E-state index >= 15 is 0 Å². The highest BCUT2D eigenvalue weighted by Crippen LogP contribution is 2.30. The minimum Gasteiger partial charge on any atom is -0.494 e. The van der Waals surface area contributed by atoms with Crippen LogP contribution in [0.3, 0.4) is 0 Å². The second-order valence-electron chi connectivity index (χ2n) is 5.14. The van der Waals surface area contributed by atoms with Crippen LogP contribution in [0.15, 0.2) is 42.5 Å². The second-order valence-corrected chi connectivity index (χ2v) is 5.14. The van der Waals surface area contributed by atoms with Crippen molar-refractivity contribution in [3.63, 3.8) is 0 Å². The van der Waals surface area contributed by atoms with Crippen molar-refractivity contribution in [2.75, 3.05) is 13.2 Å². The van der Waals surface area contributed by atoms with Gasteiger partial charge in [0.25, 0.3) is 0 Å². The van der Waals surface area contributed by atoms with Gasteiger partial charge in [-0.05, 0) is 67.6 Å². The van der Waals surface area contributed by atoms with Gasteiger partial charge in [0.1, 0.15) is 5.75 Å². The van der Waals surface area contributed by atoms with E-state index in [0.29, 0.717) is 0 Å². The number of rotatable bonds is 6. The van der Waals surface area contributed by atoms with Crippen molar-refractivity contribution in [1.82, 2.24) is 0 Å². The van der Waals surface area contributed by atoms with Gasteiger partial charge >= 0.3 is 0 Å². The highest BCUT2D eigenvalue weighted by atomic mass is 16.5. The van der Waals surface area contributed by atoms with Gasteiger partial charge in [-0.2, -0.15) is 0 Å². The first kappa shape index (κ1) is 14.6. The fraction of sp³-hybridized carbons (Fsp3) is 0.333. The number of hydrogen-bond donors (Lipinski definition) is 1. The van der Waals surface area contributed by atoms with Gasteiger partial charge in [0.15, 0.2) is 0 Å². The molecule has 0 aliphatic carbocycles. The highest BCUT2D eigenvalue weighted by molar-refractivity contribution is 5.71. The normalized spacial score (nSPS) is 10.6. The summed E-state index contributed by atoms with van der Waals surface area (Å²) in [6.07, 6.45) is 2.02. The van der Waals surface area contributed by atoms with Crippen LogP contribution in [0.2, 0.25) is 0 Å². The molecule has 0 amide bonds. The number of aryl methyl sites for hydroxylation is 2. The Hall–Kier alpha value is -1.80. The molecule has 0 atom stereocenters. The average Bonchev–Trinajstić information content (AvgIpc) is 2.44. The van der Waals surface area contributed by atoms with E-state index in [9.17, 15) is 0 Å². The predicted molar refractivity (Wildman–Crippen MR) is 85.1 cm³/mol. The molecule has 2 aromatic carbocycles. The molecule has 0 radical (unpaired) electrons. The van der Waals surface area contributed by atoms with Crippen molar-refractivity contribution >= 4 is 0 Å². The maximum atomic E-state index is 5.81. The van der Waals surface area contributed by atoms with Crippen LogP contribution >= 0.6 is 0 Å². The van der Waals surface area contributed by atoms with Crippen LogP contribution in [0.25, 0.3) is 11.1 Å². The summed E-state index contributed by atoms with van der Waals surface area (Å²) in [4.78, 5) is 0. The van der Waals surface area contributed by atoms with Gasteiger partial charge in [0.2, 0.25) is 0 Å². The van der Waals surface area contributed by atoms with Crippen molar-refractivity contribution in [1.29, 1.82) is 0 Å².